The summed E-state index contributed by atoms with van der Waals surface area (Å²) in [7, 11) is 0. The molecule has 0 saturated heterocycles. The van der Waals surface area contributed by atoms with Gasteiger partial charge in [-0.15, -0.1) is 0 Å². The molecule has 3 aromatic rings. The van der Waals surface area contributed by atoms with Gasteiger partial charge < -0.3 is 25.3 Å². The van der Waals surface area contributed by atoms with Crippen molar-refractivity contribution in [3.8, 4) is 0 Å². The molecule has 9 heteroatoms. The molecule has 0 aliphatic carbocycles. The third-order valence-corrected chi connectivity index (χ3v) is 6.71. The lowest BCUT2D eigenvalue weighted by Crippen LogP contribution is -2.42. The minimum atomic E-state index is -0.408. The quantitative estimate of drug-likeness (QED) is 0.222. The van der Waals surface area contributed by atoms with E-state index >= 15 is 0 Å². The highest BCUT2D eigenvalue weighted by Crippen LogP contribution is 2.35. The zero-order valence-corrected chi connectivity index (χ0v) is 25.1. The Morgan fingerprint density at radius 3 is 2.00 bits per heavy atom. The van der Waals surface area contributed by atoms with Crippen LogP contribution in [0.4, 0.5) is 16.2 Å². The van der Waals surface area contributed by atoms with E-state index in [4.69, 9.17) is 4.42 Å². The lowest BCUT2D eigenvalue weighted by Gasteiger charge is -2.31. The van der Waals surface area contributed by atoms with E-state index in [0.717, 1.165) is 18.4 Å². The Labute approximate surface area is 235 Å². The van der Waals surface area contributed by atoms with E-state index in [1.807, 2.05) is 55.4 Å². The molecule has 0 bridgehead atoms. The number of urea groups is 1. The predicted octanol–water partition coefficient (Wildman–Crippen LogP) is 6.38. The van der Waals surface area contributed by atoms with E-state index in [2.05, 4.69) is 16.0 Å². The standard InChI is InChI=1S/C31H42N4O5/c1-10-11-12-32-30(39)34-25-16-21(31(7,8)9)15-23-26(37)22-13-20(29(38)35(17(2)3)18(4)5)14-24(33-19(6)36)27(22)40-28(23)25/h13-18H,10-12H2,1-9H3,(H,33,36)(H2,32,34,39). The van der Waals surface area contributed by atoms with Crippen LogP contribution in [0.1, 0.15) is 91.1 Å². The highest BCUT2D eigenvalue weighted by atomic mass is 16.3. The van der Waals surface area contributed by atoms with Gasteiger partial charge in [-0.05, 0) is 69.4 Å². The smallest absolute Gasteiger partial charge is 0.319 e. The zero-order chi connectivity index (χ0) is 29.9. The molecule has 1 aromatic heterocycles. The second kappa shape index (κ2) is 12.1. The number of anilines is 2. The summed E-state index contributed by atoms with van der Waals surface area (Å²) >= 11 is 0. The van der Waals surface area contributed by atoms with Gasteiger partial charge in [-0.2, -0.15) is 0 Å². The lowest BCUT2D eigenvalue weighted by molar-refractivity contribution is -0.114. The van der Waals surface area contributed by atoms with Gasteiger partial charge in [0.25, 0.3) is 5.91 Å². The van der Waals surface area contributed by atoms with E-state index in [1.165, 1.54) is 19.1 Å². The van der Waals surface area contributed by atoms with Crippen LogP contribution in [0.5, 0.6) is 0 Å². The van der Waals surface area contributed by atoms with Gasteiger partial charge in [-0.1, -0.05) is 34.1 Å². The second-order valence-corrected chi connectivity index (χ2v) is 11.8. The van der Waals surface area contributed by atoms with Crippen LogP contribution >= 0.6 is 0 Å². The highest BCUT2D eigenvalue weighted by molar-refractivity contribution is 6.08. The van der Waals surface area contributed by atoms with Crippen LogP contribution in [-0.4, -0.2) is 41.4 Å². The number of nitrogens with one attached hydrogen (secondary N) is 3. The first-order chi connectivity index (χ1) is 18.6. The molecule has 3 rings (SSSR count). The van der Waals surface area contributed by atoms with Crippen molar-refractivity contribution >= 4 is 51.2 Å². The Bertz CT molecular complexity index is 1490. The average Bonchev–Trinajstić information content (AvgIpc) is 2.83. The monoisotopic (exact) mass is 550 g/mol. The maximum absolute atomic E-state index is 14.0. The Kier molecular flexibility index (Phi) is 9.28. The van der Waals surface area contributed by atoms with Gasteiger partial charge in [0, 0.05) is 31.1 Å². The minimum absolute atomic E-state index is 0.0770. The topological polar surface area (TPSA) is 121 Å². The number of nitrogens with zero attached hydrogens (tertiary/aromatic N) is 1. The summed E-state index contributed by atoms with van der Waals surface area (Å²) in [6, 6.07) is 6.07. The molecule has 1 heterocycles. The molecule has 0 saturated carbocycles. The molecule has 9 nitrogen and oxygen atoms in total. The summed E-state index contributed by atoms with van der Waals surface area (Å²) in [4.78, 5) is 54.2. The largest absolute Gasteiger partial charge is 0.451 e. The number of rotatable bonds is 8. The first-order valence-electron chi connectivity index (χ1n) is 13.9. The van der Waals surface area contributed by atoms with E-state index in [9.17, 15) is 19.2 Å². The maximum Gasteiger partial charge on any atom is 0.319 e. The molecule has 40 heavy (non-hydrogen) atoms. The molecule has 0 unspecified atom stereocenters. The van der Waals surface area contributed by atoms with Gasteiger partial charge in [-0.25, -0.2) is 4.79 Å². The molecule has 0 aliphatic heterocycles. The molecule has 0 spiro atoms. The van der Waals surface area contributed by atoms with Crippen molar-refractivity contribution in [3.05, 3.63) is 45.6 Å². The fourth-order valence-electron chi connectivity index (χ4n) is 4.75. The van der Waals surface area contributed by atoms with Gasteiger partial charge in [-0.3, -0.25) is 14.4 Å². The Morgan fingerprint density at radius 1 is 0.900 bits per heavy atom. The van der Waals surface area contributed by atoms with Crippen LogP contribution in [0.15, 0.2) is 33.5 Å². The normalized spacial score (nSPS) is 11.8. The van der Waals surface area contributed by atoms with Crippen LogP contribution < -0.4 is 21.4 Å². The van der Waals surface area contributed by atoms with Gasteiger partial charge in [0.1, 0.15) is 0 Å². The van der Waals surface area contributed by atoms with Crippen LogP contribution in [-0.2, 0) is 10.2 Å². The van der Waals surface area contributed by atoms with E-state index in [-0.39, 0.29) is 67.9 Å². The van der Waals surface area contributed by atoms with Crippen LogP contribution in [0.2, 0.25) is 0 Å². The second-order valence-electron chi connectivity index (χ2n) is 11.8. The molecular formula is C31H42N4O5. The van der Waals surface area contributed by atoms with E-state index in [0.29, 0.717) is 12.2 Å². The number of benzene rings is 2. The van der Waals surface area contributed by atoms with Crippen molar-refractivity contribution in [2.75, 3.05) is 17.2 Å². The first kappa shape index (κ1) is 30.7. The van der Waals surface area contributed by atoms with E-state index in [1.54, 1.807) is 17.0 Å². The summed E-state index contributed by atoms with van der Waals surface area (Å²) in [5.74, 6) is -0.637. The Balaban J connectivity index is 2.35. The lowest BCUT2D eigenvalue weighted by atomic mass is 9.86. The summed E-state index contributed by atoms with van der Waals surface area (Å²) < 4.78 is 6.29. The molecule has 216 valence electrons. The third kappa shape index (κ3) is 6.63. The van der Waals surface area contributed by atoms with Crippen molar-refractivity contribution in [2.45, 2.75) is 92.7 Å². The minimum Gasteiger partial charge on any atom is -0.451 e. The van der Waals surface area contributed by atoms with E-state index < -0.39 is 6.03 Å². The van der Waals surface area contributed by atoms with Crippen LogP contribution in [0.3, 0.4) is 0 Å². The van der Waals surface area contributed by atoms with Gasteiger partial charge in [0.15, 0.2) is 11.2 Å². The number of carbonyl (C=O) groups excluding carboxylic acids is 3. The number of amides is 4. The fraction of sp³-hybridized carbons (Fsp3) is 0.484. The van der Waals surface area contributed by atoms with Gasteiger partial charge >= 0.3 is 6.03 Å². The molecule has 3 N–H and O–H groups in total. The number of carbonyl (C=O) groups is 3. The highest BCUT2D eigenvalue weighted by Gasteiger charge is 2.26. The van der Waals surface area contributed by atoms with Crippen molar-refractivity contribution in [2.24, 2.45) is 0 Å². The maximum atomic E-state index is 14.0. The third-order valence-electron chi connectivity index (χ3n) is 6.71. The van der Waals surface area contributed by atoms with Crippen LogP contribution in [0, 0.1) is 0 Å². The van der Waals surface area contributed by atoms with Gasteiger partial charge in [0.2, 0.25) is 11.3 Å². The number of hydrogen-bond donors (Lipinski definition) is 3. The van der Waals surface area contributed by atoms with Gasteiger partial charge in [0.05, 0.1) is 22.1 Å². The number of fused-ring (bicyclic) bond motifs is 2. The summed E-state index contributed by atoms with van der Waals surface area (Å²) in [6.07, 6.45) is 1.77. The Hall–Kier alpha value is -3.88. The van der Waals surface area contributed by atoms with Crippen molar-refractivity contribution in [1.29, 1.82) is 0 Å². The van der Waals surface area contributed by atoms with Crippen molar-refractivity contribution in [3.63, 3.8) is 0 Å². The molecule has 0 fully saturated rings. The van der Waals surface area contributed by atoms with Crippen molar-refractivity contribution < 1.29 is 18.8 Å². The SMILES string of the molecule is CCCCNC(=O)Nc1cc(C(C)(C)C)cc2c(=O)c3cc(C(=O)N(C(C)C)C(C)C)cc(NC(C)=O)c3oc12. The molecule has 0 aliphatic rings. The molecule has 0 radical (unpaired) electrons. The molecule has 4 amide bonds. The number of hydrogen-bond acceptors (Lipinski definition) is 5. The molecule has 0 atom stereocenters. The Morgan fingerprint density at radius 2 is 1.48 bits per heavy atom. The molecular weight excluding hydrogens is 508 g/mol. The first-order valence-corrected chi connectivity index (χ1v) is 13.9. The summed E-state index contributed by atoms with van der Waals surface area (Å²) in [6.45, 7) is 17.6. The summed E-state index contributed by atoms with van der Waals surface area (Å²) in [5.41, 5.74) is 1.27. The van der Waals surface area contributed by atoms with Crippen molar-refractivity contribution in [1.82, 2.24) is 10.2 Å². The zero-order valence-electron chi connectivity index (χ0n) is 25.1. The molecule has 2 aromatic carbocycles. The number of unbranched alkanes of at least 4 members (excludes halogenated alkanes) is 1. The summed E-state index contributed by atoms with van der Waals surface area (Å²) in [5, 5.41) is 8.83. The average molecular weight is 551 g/mol. The fourth-order valence-corrected chi connectivity index (χ4v) is 4.75. The van der Waals surface area contributed by atoms with Crippen LogP contribution in [0.25, 0.3) is 21.9 Å². The predicted molar refractivity (Wildman–Crippen MR) is 161 cm³/mol.